The molecule has 0 fully saturated rings. The summed E-state index contributed by atoms with van der Waals surface area (Å²) in [7, 11) is 0. The average molecular weight is 302 g/mol. The number of anilines is 1. The summed E-state index contributed by atoms with van der Waals surface area (Å²) in [5.41, 5.74) is 1.60. The van der Waals surface area contributed by atoms with Crippen LogP contribution in [0.5, 0.6) is 0 Å². The topological polar surface area (TPSA) is 20.3 Å². The summed E-state index contributed by atoms with van der Waals surface area (Å²) in [6.45, 7) is 4.22. The molecule has 0 aliphatic carbocycles. The van der Waals surface area contributed by atoms with E-state index in [4.69, 9.17) is 11.6 Å². The van der Waals surface area contributed by atoms with E-state index in [2.05, 4.69) is 13.8 Å². The number of para-hydroxylation sites is 1. The van der Waals surface area contributed by atoms with Gasteiger partial charge in [-0.2, -0.15) is 0 Å². The van der Waals surface area contributed by atoms with Gasteiger partial charge in [-0.25, -0.2) is 0 Å². The Morgan fingerprint density at radius 3 is 2.10 bits per heavy atom. The predicted molar refractivity (Wildman–Crippen MR) is 89.1 cm³/mol. The molecular weight excluding hydrogens is 282 g/mol. The van der Waals surface area contributed by atoms with Gasteiger partial charge in [0, 0.05) is 22.3 Å². The van der Waals surface area contributed by atoms with Crippen molar-refractivity contribution in [2.24, 2.45) is 0 Å². The smallest absolute Gasteiger partial charge is 0.258 e. The van der Waals surface area contributed by atoms with E-state index in [0.29, 0.717) is 10.6 Å². The Bertz CT molecular complexity index is 576. The number of halogens is 1. The lowest BCUT2D eigenvalue weighted by Crippen LogP contribution is -2.39. The quantitative estimate of drug-likeness (QED) is 0.745. The fourth-order valence-electron chi connectivity index (χ4n) is 2.47. The molecule has 0 saturated heterocycles. The zero-order chi connectivity index (χ0) is 15.2. The van der Waals surface area contributed by atoms with Gasteiger partial charge < -0.3 is 4.90 Å². The van der Waals surface area contributed by atoms with Crippen molar-refractivity contribution in [2.75, 3.05) is 4.90 Å². The van der Waals surface area contributed by atoms with Gasteiger partial charge in [0.1, 0.15) is 0 Å². The molecule has 0 saturated carbocycles. The van der Waals surface area contributed by atoms with Crippen LogP contribution in [0, 0.1) is 0 Å². The lowest BCUT2D eigenvalue weighted by Gasteiger charge is -2.30. The molecular formula is C18H20ClNO. The Labute approximate surface area is 131 Å². The van der Waals surface area contributed by atoms with Gasteiger partial charge in [-0.3, -0.25) is 4.79 Å². The van der Waals surface area contributed by atoms with Crippen molar-refractivity contribution in [2.45, 2.75) is 32.7 Å². The maximum atomic E-state index is 12.9. The highest BCUT2D eigenvalue weighted by Crippen LogP contribution is 2.23. The minimum absolute atomic E-state index is 0.0200. The minimum atomic E-state index is 0.0200. The highest BCUT2D eigenvalue weighted by Gasteiger charge is 2.23. The molecule has 0 bridgehead atoms. The molecule has 2 aromatic carbocycles. The Morgan fingerprint density at radius 1 is 1.00 bits per heavy atom. The number of amides is 1. The van der Waals surface area contributed by atoms with Crippen molar-refractivity contribution in [3.8, 4) is 0 Å². The summed E-state index contributed by atoms with van der Waals surface area (Å²) in [5, 5.41) is 0.639. The van der Waals surface area contributed by atoms with Gasteiger partial charge in [0.25, 0.3) is 5.91 Å². The average Bonchev–Trinajstić information content (AvgIpc) is 2.53. The van der Waals surface area contributed by atoms with E-state index in [9.17, 15) is 4.79 Å². The standard InChI is InChI=1S/C18H20ClNO/c1-3-16(4-2)20(17-8-6-5-7-9-17)18(21)14-10-12-15(19)13-11-14/h5-13,16H,3-4H2,1-2H3. The lowest BCUT2D eigenvalue weighted by atomic mass is 10.1. The zero-order valence-corrected chi connectivity index (χ0v) is 13.2. The molecule has 1 amide bonds. The molecule has 0 radical (unpaired) electrons. The van der Waals surface area contributed by atoms with Crippen molar-refractivity contribution in [1.82, 2.24) is 0 Å². The monoisotopic (exact) mass is 301 g/mol. The summed E-state index contributed by atoms with van der Waals surface area (Å²) in [5.74, 6) is 0.0200. The molecule has 3 heteroatoms. The van der Waals surface area contributed by atoms with Crippen molar-refractivity contribution >= 4 is 23.2 Å². The summed E-state index contributed by atoms with van der Waals surface area (Å²) in [6.07, 6.45) is 1.84. The Hall–Kier alpha value is -1.80. The molecule has 0 aliphatic heterocycles. The number of hydrogen-bond donors (Lipinski definition) is 0. The van der Waals surface area contributed by atoms with Crippen LogP contribution in [0.1, 0.15) is 37.0 Å². The second kappa shape index (κ2) is 7.28. The largest absolute Gasteiger partial charge is 0.305 e. The fourth-order valence-corrected chi connectivity index (χ4v) is 2.59. The van der Waals surface area contributed by atoms with Crippen LogP contribution in [-0.2, 0) is 0 Å². The number of nitrogens with zero attached hydrogens (tertiary/aromatic N) is 1. The number of hydrogen-bond acceptors (Lipinski definition) is 1. The van der Waals surface area contributed by atoms with Crippen LogP contribution in [0.2, 0.25) is 5.02 Å². The molecule has 0 heterocycles. The first kappa shape index (κ1) is 15.6. The fraction of sp³-hybridized carbons (Fsp3) is 0.278. The molecule has 0 aliphatic rings. The zero-order valence-electron chi connectivity index (χ0n) is 12.4. The van der Waals surface area contributed by atoms with Gasteiger partial charge in [0.15, 0.2) is 0 Å². The van der Waals surface area contributed by atoms with Crippen LogP contribution in [0.25, 0.3) is 0 Å². The summed E-state index contributed by atoms with van der Waals surface area (Å²) >= 11 is 5.91. The van der Waals surface area contributed by atoms with Gasteiger partial charge in [-0.1, -0.05) is 43.6 Å². The van der Waals surface area contributed by atoms with Crippen LogP contribution in [0.15, 0.2) is 54.6 Å². The van der Waals surface area contributed by atoms with Gasteiger partial charge >= 0.3 is 0 Å². The molecule has 0 N–H and O–H groups in total. The van der Waals surface area contributed by atoms with Crippen LogP contribution in [0.4, 0.5) is 5.69 Å². The van der Waals surface area contributed by atoms with Crippen molar-refractivity contribution in [3.63, 3.8) is 0 Å². The first-order valence-electron chi connectivity index (χ1n) is 7.31. The van der Waals surface area contributed by atoms with Crippen molar-refractivity contribution in [1.29, 1.82) is 0 Å². The Morgan fingerprint density at radius 2 is 1.57 bits per heavy atom. The molecule has 21 heavy (non-hydrogen) atoms. The van der Waals surface area contributed by atoms with E-state index in [-0.39, 0.29) is 11.9 Å². The third-order valence-corrected chi connectivity index (χ3v) is 3.90. The summed E-state index contributed by atoms with van der Waals surface area (Å²) in [6, 6.07) is 17.1. The van der Waals surface area contributed by atoms with E-state index in [1.54, 1.807) is 24.3 Å². The Kier molecular flexibility index (Phi) is 5.40. The Balaban J connectivity index is 2.39. The SMILES string of the molecule is CCC(CC)N(C(=O)c1ccc(Cl)cc1)c1ccccc1. The first-order valence-corrected chi connectivity index (χ1v) is 7.69. The molecule has 2 rings (SSSR count). The van der Waals surface area contributed by atoms with Crippen LogP contribution in [-0.4, -0.2) is 11.9 Å². The molecule has 0 atom stereocenters. The maximum Gasteiger partial charge on any atom is 0.258 e. The lowest BCUT2D eigenvalue weighted by molar-refractivity contribution is 0.0975. The second-order valence-electron chi connectivity index (χ2n) is 4.99. The molecule has 0 spiro atoms. The molecule has 2 nitrogen and oxygen atoms in total. The molecule has 2 aromatic rings. The summed E-state index contributed by atoms with van der Waals surface area (Å²) < 4.78 is 0. The van der Waals surface area contributed by atoms with E-state index < -0.39 is 0 Å². The van der Waals surface area contributed by atoms with Crippen LogP contribution < -0.4 is 4.90 Å². The van der Waals surface area contributed by atoms with Crippen LogP contribution >= 0.6 is 11.6 Å². The van der Waals surface area contributed by atoms with E-state index in [0.717, 1.165) is 18.5 Å². The van der Waals surface area contributed by atoms with Crippen molar-refractivity contribution in [3.05, 3.63) is 65.2 Å². The molecule has 110 valence electrons. The normalized spacial score (nSPS) is 10.7. The van der Waals surface area contributed by atoms with Gasteiger partial charge in [0.2, 0.25) is 0 Å². The highest BCUT2D eigenvalue weighted by molar-refractivity contribution is 6.30. The summed E-state index contributed by atoms with van der Waals surface area (Å²) in [4.78, 5) is 14.8. The van der Waals surface area contributed by atoms with Gasteiger partial charge in [-0.05, 0) is 49.2 Å². The minimum Gasteiger partial charge on any atom is -0.305 e. The van der Waals surface area contributed by atoms with E-state index >= 15 is 0 Å². The molecule has 0 unspecified atom stereocenters. The maximum absolute atomic E-state index is 12.9. The second-order valence-corrected chi connectivity index (χ2v) is 5.42. The van der Waals surface area contributed by atoms with Crippen molar-refractivity contribution < 1.29 is 4.79 Å². The number of carbonyl (C=O) groups excluding carboxylic acids is 1. The third-order valence-electron chi connectivity index (χ3n) is 3.65. The van der Waals surface area contributed by atoms with Crippen LogP contribution in [0.3, 0.4) is 0 Å². The number of benzene rings is 2. The first-order chi connectivity index (χ1) is 10.2. The van der Waals surface area contributed by atoms with Gasteiger partial charge in [0.05, 0.1) is 0 Å². The van der Waals surface area contributed by atoms with E-state index in [1.165, 1.54) is 0 Å². The van der Waals surface area contributed by atoms with E-state index in [1.807, 2.05) is 35.2 Å². The highest BCUT2D eigenvalue weighted by atomic mass is 35.5. The number of rotatable bonds is 5. The number of carbonyl (C=O) groups is 1. The molecule has 0 aromatic heterocycles. The predicted octanol–water partition coefficient (Wildman–Crippen LogP) is 5.18. The third kappa shape index (κ3) is 3.64. The van der Waals surface area contributed by atoms with Gasteiger partial charge in [-0.15, -0.1) is 0 Å².